The number of benzene rings is 1. The molecule has 3 atom stereocenters. The van der Waals surface area contributed by atoms with Gasteiger partial charge >= 0.3 is 6.09 Å². The number of nitrogens with zero attached hydrogens (tertiary/aromatic N) is 3. The average Bonchev–Trinajstić information content (AvgIpc) is 3.33. The lowest BCUT2D eigenvalue weighted by molar-refractivity contribution is -0.133. The Morgan fingerprint density at radius 2 is 1.90 bits per heavy atom. The molecule has 1 aromatic carbocycles. The number of pyridine rings is 1. The van der Waals surface area contributed by atoms with Crippen molar-refractivity contribution < 1.29 is 14.3 Å². The number of imide groups is 1. The molecular formula is C24H28ClN3O3. The molecule has 2 aromatic rings. The SMILES string of the molecule is CC(C)(C)N1CC(C(=O)N2C(=O)OCC2Cc2ccccc2)[C@H](c2ccc(Cl)cn2)C1. The van der Waals surface area contributed by atoms with Crippen LogP contribution in [0.15, 0.2) is 48.7 Å². The van der Waals surface area contributed by atoms with Crippen LogP contribution in [0.4, 0.5) is 4.79 Å². The maximum atomic E-state index is 13.7. The van der Waals surface area contributed by atoms with Gasteiger partial charge in [0, 0.05) is 36.4 Å². The summed E-state index contributed by atoms with van der Waals surface area (Å²) in [5.74, 6) is -0.677. The zero-order valence-electron chi connectivity index (χ0n) is 18.1. The number of ether oxygens (including phenoxy) is 1. The van der Waals surface area contributed by atoms with E-state index in [1.54, 1.807) is 12.3 Å². The van der Waals surface area contributed by atoms with Crippen LogP contribution in [-0.2, 0) is 16.0 Å². The van der Waals surface area contributed by atoms with Gasteiger partial charge in [-0.05, 0) is 44.9 Å². The van der Waals surface area contributed by atoms with Crippen LogP contribution in [0, 0.1) is 5.92 Å². The van der Waals surface area contributed by atoms with Crippen molar-refractivity contribution in [1.29, 1.82) is 0 Å². The minimum absolute atomic E-state index is 0.103. The van der Waals surface area contributed by atoms with Gasteiger partial charge in [0.25, 0.3) is 0 Å². The average molecular weight is 442 g/mol. The van der Waals surface area contributed by atoms with E-state index in [9.17, 15) is 9.59 Å². The highest BCUT2D eigenvalue weighted by Gasteiger charge is 2.48. The van der Waals surface area contributed by atoms with Crippen LogP contribution >= 0.6 is 11.6 Å². The van der Waals surface area contributed by atoms with E-state index >= 15 is 0 Å². The van der Waals surface area contributed by atoms with E-state index in [0.29, 0.717) is 24.5 Å². The van der Waals surface area contributed by atoms with Gasteiger partial charge in [0.05, 0.1) is 17.0 Å². The number of carbonyl (C=O) groups excluding carboxylic acids is 2. The standard InChI is InChI=1S/C24H28ClN3O3/c1-24(2,3)27-13-19(21-10-9-17(25)12-26-21)20(14-27)22(29)28-18(15-31-23(28)30)11-16-7-5-4-6-8-16/h4-10,12,18-20H,11,13-15H2,1-3H3/t18?,19-,20?/m1/s1. The first-order valence-electron chi connectivity index (χ1n) is 10.6. The maximum absolute atomic E-state index is 13.7. The van der Waals surface area contributed by atoms with Crippen molar-refractivity contribution in [1.82, 2.24) is 14.8 Å². The molecule has 2 aliphatic rings. The van der Waals surface area contributed by atoms with Crippen molar-refractivity contribution in [3.63, 3.8) is 0 Å². The Kier molecular flexibility index (Phi) is 6.04. The molecule has 1 aromatic heterocycles. The Morgan fingerprint density at radius 3 is 2.55 bits per heavy atom. The van der Waals surface area contributed by atoms with Crippen molar-refractivity contribution in [2.24, 2.45) is 5.92 Å². The number of cyclic esters (lactones) is 1. The van der Waals surface area contributed by atoms with Crippen molar-refractivity contribution in [3.05, 3.63) is 64.9 Å². The number of hydrogen-bond acceptors (Lipinski definition) is 5. The van der Waals surface area contributed by atoms with Crippen LogP contribution < -0.4 is 0 Å². The predicted molar refractivity (Wildman–Crippen MR) is 119 cm³/mol. The van der Waals surface area contributed by atoms with Crippen molar-refractivity contribution in [3.8, 4) is 0 Å². The van der Waals surface area contributed by atoms with E-state index in [-0.39, 0.29) is 35.9 Å². The Morgan fingerprint density at radius 1 is 1.16 bits per heavy atom. The van der Waals surface area contributed by atoms with Crippen molar-refractivity contribution >= 4 is 23.6 Å². The molecule has 0 aliphatic carbocycles. The highest BCUT2D eigenvalue weighted by atomic mass is 35.5. The summed E-state index contributed by atoms with van der Waals surface area (Å²) in [5.41, 5.74) is 1.79. The second kappa shape index (κ2) is 8.60. The molecule has 2 fully saturated rings. The molecule has 6 nitrogen and oxygen atoms in total. The second-order valence-corrected chi connectivity index (χ2v) is 9.76. The molecule has 4 rings (SSSR count). The topological polar surface area (TPSA) is 62.7 Å². The maximum Gasteiger partial charge on any atom is 0.416 e. The Labute approximate surface area is 188 Å². The van der Waals surface area contributed by atoms with Crippen molar-refractivity contribution in [2.45, 2.75) is 44.7 Å². The van der Waals surface area contributed by atoms with E-state index in [1.807, 2.05) is 36.4 Å². The van der Waals surface area contributed by atoms with E-state index in [4.69, 9.17) is 16.3 Å². The lowest BCUT2D eigenvalue weighted by Crippen LogP contribution is -2.46. The molecule has 0 bridgehead atoms. The third-order valence-electron chi connectivity index (χ3n) is 6.23. The minimum atomic E-state index is -0.553. The number of carbonyl (C=O) groups is 2. The van der Waals surface area contributed by atoms with Crippen molar-refractivity contribution in [2.75, 3.05) is 19.7 Å². The number of hydrogen-bond donors (Lipinski definition) is 0. The molecule has 0 N–H and O–H groups in total. The Bertz CT molecular complexity index is 943. The number of rotatable bonds is 4. The van der Waals surface area contributed by atoms with Crippen LogP contribution in [0.25, 0.3) is 0 Å². The number of amides is 2. The van der Waals surface area contributed by atoms with Gasteiger partial charge in [-0.25, -0.2) is 9.69 Å². The summed E-state index contributed by atoms with van der Waals surface area (Å²) in [7, 11) is 0. The highest BCUT2D eigenvalue weighted by molar-refractivity contribution is 6.30. The Hall–Kier alpha value is -2.44. The molecule has 0 radical (unpaired) electrons. The summed E-state index contributed by atoms with van der Waals surface area (Å²) in [5, 5.41) is 0.559. The minimum Gasteiger partial charge on any atom is -0.447 e. The van der Waals surface area contributed by atoms with Crippen LogP contribution in [0.3, 0.4) is 0 Å². The zero-order chi connectivity index (χ0) is 22.2. The first-order valence-corrected chi connectivity index (χ1v) is 11.0. The van der Waals surface area contributed by atoms with Gasteiger partial charge in [-0.15, -0.1) is 0 Å². The quantitative estimate of drug-likeness (QED) is 0.713. The van der Waals surface area contributed by atoms with E-state index in [0.717, 1.165) is 11.3 Å². The summed E-state index contributed by atoms with van der Waals surface area (Å²) in [6.07, 6.45) is 1.64. The van der Waals surface area contributed by atoms with Gasteiger partial charge in [-0.1, -0.05) is 41.9 Å². The molecule has 2 unspecified atom stereocenters. The molecule has 0 spiro atoms. The summed E-state index contributed by atoms with van der Waals surface area (Å²) in [6.45, 7) is 7.89. The predicted octanol–water partition coefficient (Wildman–Crippen LogP) is 4.14. The lowest BCUT2D eigenvalue weighted by Gasteiger charge is -2.32. The number of halogens is 1. The van der Waals surface area contributed by atoms with Crippen LogP contribution in [0.5, 0.6) is 0 Å². The van der Waals surface area contributed by atoms with E-state index < -0.39 is 6.09 Å². The largest absolute Gasteiger partial charge is 0.447 e. The third-order valence-corrected chi connectivity index (χ3v) is 6.45. The highest BCUT2D eigenvalue weighted by Crippen LogP contribution is 2.38. The monoisotopic (exact) mass is 441 g/mol. The Balaban J connectivity index is 1.61. The van der Waals surface area contributed by atoms with Crippen LogP contribution in [0.2, 0.25) is 5.02 Å². The summed E-state index contributed by atoms with van der Waals surface area (Å²) < 4.78 is 5.30. The number of likely N-dealkylation sites (tertiary alicyclic amines) is 1. The fourth-order valence-electron chi connectivity index (χ4n) is 4.45. The van der Waals surface area contributed by atoms with Crippen LogP contribution in [-0.4, -0.2) is 58.1 Å². The summed E-state index contributed by atoms with van der Waals surface area (Å²) >= 11 is 6.03. The normalized spacial score (nSPS) is 24.5. The van der Waals surface area contributed by atoms with Crippen LogP contribution in [0.1, 0.15) is 37.9 Å². The van der Waals surface area contributed by atoms with Gasteiger partial charge in [-0.3, -0.25) is 14.7 Å². The number of aromatic nitrogens is 1. The molecule has 0 saturated carbocycles. The zero-order valence-corrected chi connectivity index (χ0v) is 18.9. The summed E-state index contributed by atoms with van der Waals surface area (Å²) in [6, 6.07) is 13.2. The summed E-state index contributed by atoms with van der Waals surface area (Å²) in [4.78, 5) is 34.4. The van der Waals surface area contributed by atoms with Gasteiger partial charge < -0.3 is 4.74 Å². The lowest BCUT2D eigenvalue weighted by atomic mass is 9.90. The first-order chi connectivity index (χ1) is 14.7. The molecule has 2 aliphatic heterocycles. The fourth-order valence-corrected chi connectivity index (χ4v) is 4.57. The van der Waals surface area contributed by atoms with E-state index in [2.05, 4.69) is 30.7 Å². The van der Waals surface area contributed by atoms with E-state index in [1.165, 1.54) is 4.90 Å². The molecule has 2 amide bonds. The fraction of sp³-hybridized carbons (Fsp3) is 0.458. The van der Waals surface area contributed by atoms with Gasteiger partial charge in [0.15, 0.2) is 0 Å². The van der Waals surface area contributed by atoms with Gasteiger partial charge in [-0.2, -0.15) is 0 Å². The molecule has 31 heavy (non-hydrogen) atoms. The first kappa shape index (κ1) is 21.8. The molecular weight excluding hydrogens is 414 g/mol. The third kappa shape index (κ3) is 4.60. The molecule has 3 heterocycles. The second-order valence-electron chi connectivity index (χ2n) is 9.32. The van der Waals surface area contributed by atoms with Gasteiger partial charge in [0.2, 0.25) is 5.91 Å². The molecule has 164 valence electrons. The molecule has 7 heteroatoms. The van der Waals surface area contributed by atoms with Gasteiger partial charge in [0.1, 0.15) is 6.61 Å². The molecule has 2 saturated heterocycles. The smallest absolute Gasteiger partial charge is 0.416 e.